The summed E-state index contributed by atoms with van der Waals surface area (Å²) in [5.41, 5.74) is -1.01. The number of fused-ring (bicyclic) bond motifs is 2. The maximum atomic E-state index is 15.5. The number of carboxylic acid groups (broad SMARTS) is 1. The van der Waals surface area contributed by atoms with Crippen molar-refractivity contribution < 1.29 is 27.8 Å². The third kappa shape index (κ3) is 3.76. The van der Waals surface area contributed by atoms with Crippen LogP contribution in [-0.4, -0.2) is 41.5 Å². The number of benzene rings is 2. The van der Waals surface area contributed by atoms with Crippen molar-refractivity contribution in [1.82, 2.24) is 9.88 Å². The molecule has 2 N–H and O–H groups in total. The Morgan fingerprint density at radius 1 is 1.18 bits per heavy atom. The van der Waals surface area contributed by atoms with E-state index in [0.29, 0.717) is 25.1 Å². The van der Waals surface area contributed by atoms with Gasteiger partial charge in [-0.2, -0.15) is 0 Å². The van der Waals surface area contributed by atoms with E-state index in [1.54, 1.807) is 0 Å². The van der Waals surface area contributed by atoms with Crippen LogP contribution in [0.4, 0.5) is 23.7 Å². The molecule has 2 atom stereocenters. The van der Waals surface area contributed by atoms with Gasteiger partial charge in [-0.05, 0) is 43.5 Å². The SMILES string of the molecule is O=C(O)Oc1cn(-c2ccc(F)cc2F)c2cc(N3CC4CCCNC4C3)c(F)c(Cl)c2c1=O. The van der Waals surface area contributed by atoms with Crippen molar-refractivity contribution in [3.05, 3.63) is 63.2 Å². The highest BCUT2D eigenvalue weighted by atomic mass is 35.5. The van der Waals surface area contributed by atoms with Crippen LogP contribution in [0.25, 0.3) is 16.6 Å². The minimum absolute atomic E-state index is 0.0254. The van der Waals surface area contributed by atoms with Gasteiger partial charge in [0, 0.05) is 25.2 Å². The zero-order chi connectivity index (χ0) is 24.1. The second-order valence-electron chi connectivity index (χ2n) is 8.44. The number of anilines is 1. The largest absolute Gasteiger partial charge is 0.511 e. The number of halogens is 4. The molecule has 7 nitrogen and oxygen atoms in total. The van der Waals surface area contributed by atoms with E-state index in [2.05, 4.69) is 10.1 Å². The Morgan fingerprint density at radius 3 is 2.68 bits per heavy atom. The summed E-state index contributed by atoms with van der Waals surface area (Å²) in [5, 5.41) is 11.5. The van der Waals surface area contributed by atoms with Crippen LogP contribution in [0.5, 0.6) is 5.75 Å². The van der Waals surface area contributed by atoms with Gasteiger partial charge in [0.25, 0.3) is 0 Å². The first-order valence-electron chi connectivity index (χ1n) is 10.7. The van der Waals surface area contributed by atoms with Crippen LogP contribution in [0.15, 0.2) is 35.3 Å². The summed E-state index contributed by atoms with van der Waals surface area (Å²) in [6, 6.07) is 4.32. The standard InChI is InChI=1S/C23H19ClF3N3O4/c24-20-19-16(7-17(21(20)27)29-8-11-2-1-5-28-14(11)9-29)30(10-18(22(19)31)34-23(32)33)15-4-3-12(25)6-13(15)26/h3-4,6-7,10-11,14,28H,1-2,5,8-9H2,(H,32,33). The molecule has 2 aliphatic heterocycles. The fraction of sp³-hybridized carbons (Fsp3) is 0.304. The maximum Gasteiger partial charge on any atom is 0.511 e. The molecule has 0 amide bonds. The zero-order valence-corrected chi connectivity index (χ0v) is 18.4. The van der Waals surface area contributed by atoms with Crippen molar-refractivity contribution in [3.8, 4) is 11.4 Å². The number of ether oxygens (including phenoxy) is 1. The number of hydrogen-bond acceptors (Lipinski definition) is 5. The van der Waals surface area contributed by atoms with Crippen LogP contribution >= 0.6 is 11.6 Å². The summed E-state index contributed by atoms with van der Waals surface area (Å²) in [5.74, 6) is -3.03. The first kappa shape index (κ1) is 22.5. The van der Waals surface area contributed by atoms with Gasteiger partial charge in [0.15, 0.2) is 11.6 Å². The van der Waals surface area contributed by atoms with Crippen molar-refractivity contribution in [3.63, 3.8) is 0 Å². The average Bonchev–Trinajstić information content (AvgIpc) is 3.22. The van der Waals surface area contributed by atoms with Crippen LogP contribution in [0, 0.1) is 23.4 Å². The summed E-state index contributed by atoms with van der Waals surface area (Å²) >= 11 is 6.31. The molecule has 0 aliphatic carbocycles. The molecule has 34 heavy (non-hydrogen) atoms. The quantitative estimate of drug-likeness (QED) is 0.529. The number of nitrogens with zero attached hydrogens (tertiary/aromatic N) is 2. The summed E-state index contributed by atoms with van der Waals surface area (Å²) in [7, 11) is 0. The lowest BCUT2D eigenvalue weighted by Gasteiger charge is -2.24. The third-order valence-corrected chi connectivity index (χ3v) is 6.78. The Labute approximate surface area is 196 Å². The van der Waals surface area contributed by atoms with E-state index in [4.69, 9.17) is 16.7 Å². The highest BCUT2D eigenvalue weighted by molar-refractivity contribution is 6.36. The van der Waals surface area contributed by atoms with Crippen LogP contribution in [0.2, 0.25) is 5.02 Å². The minimum atomic E-state index is -1.79. The van der Waals surface area contributed by atoms with Gasteiger partial charge in [0.05, 0.1) is 33.5 Å². The predicted molar refractivity (Wildman–Crippen MR) is 120 cm³/mol. The zero-order valence-electron chi connectivity index (χ0n) is 17.7. The molecule has 3 aromatic rings. The molecule has 0 radical (unpaired) electrons. The lowest BCUT2D eigenvalue weighted by Crippen LogP contribution is -2.40. The number of aromatic nitrogens is 1. The maximum absolute atomic E-state index is 15.5. The Balaban J connectivity index is 1.76. The highest BCUT2D eigenvalue weighted by Crippen LogP contribution is 2.38. The van der Waals surface area contributed by atoms with Gasteiger partial charge >= 0.3 is 6.16 Å². The number of rotatable bonds is 3. The van der Waals surface area contributed by atoms with Crippen LogP contribution in [0.3, 0.4) is 0 Å². The molecule has 2 saturated heterocycles. The fourth-order valence-electron chi connectivity index (χ4n) is 4.89. The van der Waals surface area contributed by atoms with Crippen molar-refractivity contribution >= 4 is 34.3 Å². The van der Waals surface area contributed by atoms with Crippen LogP contribution in [0.1, 0.15) is 12.8 Å². The molecule has 0 saturated carbocycles. The number of pyridine rings is 1. The van der Waals surface area contributed by atoms with Crippen LogP contribution in [-0.2, 0) is 0 Å². The van der Waals surface area contributed by atoms with Gasteiger partial charge in [-0.15, -0.1) is 0 Å². The second kappa shape index (κ2) is 8.52. The molecule has 2 aromatic carbocycles. The summed E-state index contributed by atoms with van der Waals surface area (Å²) < 4.78 is 49.4. The first-order chi connectivity index (χ1) is 16.2. The van der Waals surface area contributed by atoms with Gasteiger partial charge in [-0.3, -0.25) is 4.79 Å². The molecule has 3 heterocycles. The van der Waals surface area contributed by atoms with Gasteiger partial charge < -0.3 is 24.6 Å². The minimum Gasteiger partial charge on any atom is -0.449 e. The molecule has 2 fully saturated rings. The lowest BCUT2D eigenvalue weighted by atomic mass is 9.94. The van der Waals surface area contributed by atoms with E-state index in [1.165, 1.54) is 6.07 Å². The number of nitrogens with one attached hydrogen (secondary N) is 1. The monoisotopic (exact) mass is 493 g/mol. The molecular formula is C23H19ClF3N3O4. The smallest absolute Gasteiger partial charge is 0.449 e. The van der Waals surface area contributed by atoms with E-state index in [1.807, 2.05) is 4.90 Å². The molecule has 11 heteroatoms. The van der Waals surface area contributed by atoms with Gasteiger partial charge in [-0.25, -0.2) is 18.0 Å². The Morgan fingerprint density at radius 2 is 1.97 bits per heavy atom. The Bertz CT molecular complexity index is 1370. The summed E-state index contributed by atoms with van der Waals surface area (Å²) in [6.45, 7) is 1.98. The Kier molecular flexibility index (Phi) is 5.65. The van der Waals surface area contributed by atoms with E-state index in [9.17, 15) is 18.4 Å². The summed E-state index contributed by atoms with van der Waals surface area (Å²) in [4.78, 5) is 25.9. The van der Waals surface area contributed by atoms with Gasteiger partial charge in [-0.1, -0.05) is 11.6 Å². The molecule has 178 valence electrons. The average molecular weight is 494 g/mol. The number of carbonyl (C=O) groups is 1. The highest BCUT2D eigenvalue weighted by Gasteiger charge is 2.36. The van der Waals surface area contributed by atoms with Crippen molar-refractivity contribution in [1.29, 1.82) is 0 Å². The third-order valence-electron chi connectivity index (χ3n) is 6.43. The predicted octanol–water partition coefficient (Wildman–Crippen LogP) is 4.31. The van der Waals surface area contributed by atoms with Crippen molar-refractivity contribution in [2.45, 2.75) is 18.9 Å². The molecule has 2 unspecified atom stereocenters. The molecule has 1 aromatic heterocycles. The topological polar surface area (TPSA) is 83.8 Å². The van der Waals surface area contributed by atoms with E-state index in [0.717, 1.165) is 42.3 Å². The fourth-order valence-corrected chi connectivity index (χ4v) is 5.17. The molecule has 0 bridgehead atoms. The number of hydrogen-bond donors (Lipinski definition) is 2. The van der Waals surface area contributed by atoms with Crippen LogP contribution < -0.4 is 20.4 Å². The molecule has 0 spiro atoms. The Hall–Kier alpha value is -3.24. The van der Waals surface area contributed by atoms with Crippen molar-refractivity contribution in [2.24, 2.45) is 5.92 Å². The molecular weight excluding hydrogens is 475 g/mol. The normalized spacial score (nSPS) is 19.9. The second-order valence-corrected chi connectivity index (χ2v) is 8.82. The molecule has 5 rings (SSSR count). The van der Waals surface area contributed by atoms with Crippen molar-refractivity contribution in [2.75, 3.05) is 24.5 Å². The lowest BCUT2D eigenvalue weighted by molar-refractivity contribution is 0.144. The first-order valence-corrected chi connectivity index (χ1v) is 11.0. The van der Waals surface area contributed by atoms with Gasteiger partial charge in [0.2, 0.25) is 5.43 Å². The number of piperidine rings is 1. The van der Waals surface area contributed by atoms with E-state index in [-0.39, 0.29) is 28.3 Å². The van der Waals surface area contributed by atoms with Gasteiger partial charge in [0.1, 0.15) is 11.6 Å². The van der Waals surface area contributed by atoms with E-state index < -0.39 is 39.8 Å². The molecule has 2 aliphatic rings. The summed E-state index contributed by atoms with van der Waals surface area (Å²) in [6.07, 6.45) is 1.20. The van der Waals surface area contributed by atoms with E-state index >= 15 is 4.39 Å².